The highest BCUT2D eigenvalue weighted by Crippen LogP contribution is 2.21. The molecule has 0 aromatic heterocycles. The molecule has 0 bridgehead atoms. The van der Waals surface area contributed by atoms with Gasteiger partial charge >= 0.3 is 0 Å². The molecule has 2 aliphatic rings. The molecule has 2 fully saturated rings. The third kappa shape index (κ3) is 23.0. The van der Waals surface area contributed by atoms with Crippen molar-refractivity contribution >= 4 is 59.1 Å². The van der Waals surface area contributed by atoms with E-state index in [0.29, 0.717) is 23.1 Å². The lowest BCUT2D eigenvalue weighted by molar-refractivity contribution is -0.142. The van der Waals surface area contributed by atoms with E-state index in [1.165, 1.54) is 4.90 Å². The first-order chi connectivity index (χ1) is 42.5. The Balaban J connectivity index is 1.63. The van der Waals surface area contributed by atoms with E-state index in [-0.39, 0.29) is 149 Å². The predicted molar refractivity (Wildman–Crippen MR) is 332 cm³/mol. The van der Waals surface area contributed by atoms with Gasteiger partial charge in [0, 0.05) is 25.8 Å². The molecule has 3 aromatic carbocycles. The Kier molecular flexibility index (Phi) is 30.9. The Labute approximate surface area is 515 Å². The summed E-state index contributed by atoms with van der Waals surface area (Å²) in [6, 6.07) is 13.7. The van der Waals surface area contributed by atoms with E-state index in [2.05, 4.69) is 47.9 Å². The lowest BCUT2D eigenvalue weighted by Gasteiger charge is -2.31. The highest BCUT2D eigenvalue weighted by molar-refractivity contribution is 6.00. The minimum absolute atomic E-state index is 0.000642. The predicted octanol–water partition coefficient (Wildman–Crippen LogP) is -2.48. The van der Waals surface area contributed by atoms with E-state index in [1.807, 2.05) is 0 Å². The molecule has 0 unspecified atom stereocenters. The number of nitrogens with two attached hydrogens (primary N) is 6. The minimum Gasteiger partial charge on any atom is -0.343 e. The summed E-state index contributed by atoms with van der Waals surface area (Å²) in [6.45, 7) is 0.834. The maximum atomic E-state index is 15.1. The molecule has 0 radical (unpaired) electrons. The fourth-order valence-electron chi connectivity index (χ4n) is 10.7. The quantitative estimate of drug-likeness (QED) is 0.0441. The maximum absolute atomic E-state index is 15.1. The number of fused-ring (bicyclic) bond motifs is 1. The molecule has 482 valence electrons. The van der Waals surface area contributed by atoms with Gasteiger partial charge in [-0.2, -0.15) is 0 Å². The van der Waals surface area contributed by atoms with Crippen LogP contribution in [0.1, 0.15) is 107 Å². The molecule has 88 heavy (non-hydrogen) atoms. The molecule has 0 saturated carbocycles. The van der Waals surface area contributed by atoms with Gasteiger partial charge in [-0.1, -0.05) is 91.0 Å². The van der Waals surface area contributed by atoms with Crippen LogP contribution in [0.4, 0.5) is 0 Å². The van der Waals surface area contributed by atoms with Crippen LogP contribution in [0.15, 0.2) is 91.0 Å². The molecule has 10 amide bonds. The number of carbonyl (C=O) groups is 10. The fourth-order valence-corrected chi connectivity index (χ4v) is 10.7. The molecule has 2 heterocycles. The van der Waals surface area contributed by atoms with Gasteiger partial charge in [0.05, 0.1) is 0 Å². The Morgan fingerprint density at radius 3 is 0.807 bits per heavy atom. The smallest absolute Gasteiger partial charge is 0.246 e. The van der Waals surface area contributed by atoms with Gasteiger partial charge in [-0.3, -0.25) is 47.9 Å². The minimum atomic E-state index is -1.35. The van der Waals surface area contributed by atoms with Gasteiger partial charge in [0.15, 0.2) is 0 Å². The first kappa shape index (κ1) is 70.9. The van der Waals surface area contributed by atoms with Crippen LogP contribution in [-0.2, 0) is 67.2 Å². The molecule has 10 atom stereocenters. The Morgan fingerprint density at radius 2 is 0.534 bits per heavy atom. The number of nitrogens with zero attached hydrogens (tertiary/aromatic N) is 1. The van der Waals surface area contributed by atoms with Gasteiger partial charge in [-0.05, 0) is 146 Å². The lowest BCUT2D eigenvalue weighted by atomic mass is 10.0. The molecule has 2 aliphatic heterocycles. The van der Waals surface area contributed by atoms with Crippen molar-refractivity contribution in [2.45, 2.75) is 170 Å². The third-order valence-electron chi connectivity index (χ3n) is 15.5. The van der Waals surface area contributed by atoms with Gasteiger partial charge < -0.3 is 87.2 Å². The Bertz CT molecular complexity index is 2710. The van der Waals surface area contributed by atoms with Crippen molar-refractivity contribution in [1.82, 2.24) is 52.8 Å². The van der Waals surface area contributed by atoms with Crippen LogP contribution in [0.3, 0.4) is 0 Å². The Hall–Kier alpha value is -7.88. The van der Waals surface area contributed by atoms with Crippen molar-refractivity contribution in [3.63, 3.8) is 0 Å². The fraction of sp³-hybridized carbons (Fsp3) is 0.548. The number of rotatable bonds is 24. The van der Waals surface area contributed by atoms with Crippen molar-refractivity contribution in [2.24, 2.45) is 34.4 Å². The summed E-state index contributed by atoms with van der Waals surface area (Å²) in [6.07, 6.45) is 1.95. The Morgan fingerprint density at radius 1 is 0.307 bits per heavy atom. The highest BCUT2D eigenvalue weighted by atomic mass is 16.2. The topological polar surface area (TPSA) is 438 Å². The summed E-state index contributed by atoms with van der Waals surface area (Å²) in [5, 5.41) is 25.1. The van der Waals surface area contributed by atoms with E-state index >= 15 is 4.79 Å². The van der Waals surface area contributed by atoms with Crippen molar-refractivity contribution in [1.29, 1.82) is 0 Å². The number of hydrogen-bond donors (Lipinski definition) is 15. The second kappa shape index (κ2) is 38.4. The number of amides is 10. The number of hydrogen-bond acceptors (Lipinski definition) is 16. The number of benzene rings is 3. The molecular weight excluding hydrogens is 1130 g/mol. The zero-order valence-electron chi connectivity index (χ0n) is 50.4. The van der Waals surface area contributed by atoms with E-state index in [0.717, 1.165) is 0 Å². The summed E-state index contributed by atoms with van der Waals surface area (Å²) in [5.74, 6) is -7.45. The molecular formula is C62H94N16O10. The van der Waals surface area contributed by atoms with E-state index in [4.69, 9.17) is 34.4 Å². The van der Waals surface area contributed by atoms with E-state index in [9.17, 15) is 43.2 Å². The molecule has 26 heteroatoms. The van der Waals surface area contributed by atoms with Crippen LogP contribution in [0.5, 0.6) is 0 Å². The van der Waals surface area contributed by atoms with Crippen LogP contribution in [0.2, 0.25) is 0 Å². The molecule has 0 spiro atoms. The van der Waals surface area contributed by atoms with Gasteiger partial charge in [0.25, 0.3) is 0 Å². The summed E-state index contributed by atoms with van der Waals surface area (Å²) in [7, 11) is 0. The summed E-state index contributed by atoms with van der Waals surface area (Å²) < 4.78 is 0. The normalized spacial score (nSPS) is 24.5. The second-order valence-corrected chi connectivity index (χ2v) is 22.4. The molecule has 21 N–H and O–H groups in total. The SMILES string of the molecule is NCCC[C@@H]1NC(=O)[C@H](CCCN)NC(=O)[C@H](CCCN)NC(=O)[C@H](CCCN)NC(=O)[C@@H](Cc2ccccc2)NC(=O)[C@H](Cc2ccccc2)NC(=O)[C@@H]2CCCN2C(=O)[C@@H](Cc2ccccc2)NC(=O)[C@H](CCCN)NC(=O)[C@H](CCCN)NC1=O. The zero-order valence-corrected chi connectivity index (χ0v) is 50.4. The summed E-state index contributed by atoms with van der Waals surface area (Å²) in [4.78, 5) is 148. The average Bonchev–Trinajstić information content (AvgIpc) is 4.21. The van der Waals surface area contributed by atoms with Gasteiger partial charge in [-0.25, -0.2) is 0 Å². The first-order valence-electron chi connectivity index (χ1n) is 30.9. The molecule has 0 aliphatic carbocycles. The monoisotopic (exact) mass is 1220 g/mol. The van der Waals surface area contributed by atoms with Crippen molar-refractivity contribution in [2.75, 3.05) is 45.8 Å². The van der Waals surface area contributed by atoms with E-state index in [1.54, 1.807) is 91.0 Å². The van der Waals surface area contributed by atoms with Crippen LogP contribution >= 0.6 is 0 Å². The first-order valence-corrected chi connectivity index (χ1v) is 30.9. The third-order valence-corrected chi connectivity index (χ3v) is 15.5. The lowest BCUT2D eigenvalue weighted by Crippen LogP contribution is -2.61. The average molecular weight is 1220 g/mol. The van der Waals surface area contributed by atoms with Crippen molar-refractivity contribution < 1.29 is 47.9 Å². The second-order valence-electron chi connectivity index (χ2n) is 22.4. The van der Waals surface area contributed by atoms with Crippen LogP contribution in [0, 0.1) is 0 Å². The standard InChI is InChI=1S/C62H94N16O10/c63-30-10-23-43-53(79)69-44(24-11-31-64)54(80)71-46(26-13-33-66)56(82)73-48(28-15-35-68)58(84)77-51(39-42-21-8-3-9-22-42)62(88)78-36-16-29-52(78)61(87)76-50(38-41-19-6-2-7-20-41)60(86)75-49(37-40-17-4-1-5-18-40)59(85)74-47(27-14-34-67)57(83)72-45(25-12-32-65)55(81)70-43/h1-9,17-22,43-52H,10-16,23-39,63-68H2,(H,69,79)(H,70,81)(H,71,80)(H,72,83)(H,73,82)(H,74,85)(H,75,86)(H,76,87)(H,77,84)/t43-,44-,45-,46-,47-,48-,49+,50-,51+,52-/m0/s1. The van der Waals surface area contributed by atoms with E-state index < -0.39 is 119 Å². The van der Waals surface area contributed by atoms with Gasteiger partial charge in [-0.15, -0.1) is 0 Å². The molecule has 2 saturated heterocycles. The van der Waals surface area contributed by atoms with Crippen molar-refractivity contribution in [3.05, 3.63) is 108 Å². The van der Waals surface area contributed by atoms with Crippen LogP contribution in [-0.4, -0.2) is 170 Å². The van der Waals surface area contributed by atoms with Gasteiger partial charge in [0.1, 0.15) is 60.4 Å². The summed E-state index contributed by atoms with van der Waals surface area (Å²) in [5.41, 5.74) is 37.5. The number of nitrogens with one attached hydrogen (secondary N) is 9. The largest absolute Gasteiger partial charge is 0.343 e. The molecule has 5 rings (SSSR count). The van der Waals surface area contributed by atoms with Crippen LogP contribution < -0.4 is 82.3 Å². The van der Waals surface area contributed by atoms with Crippen LogP contribution in [0.25, 0.3) is 0 Å². The molecule has 26 nitrogen and oxygen atoms in total. The zero-order chi connectivity index (χ0) is 63.8. The molecule has 3 aromatic rings. The summed E-state index contributed by atoms with van der Waals surface area (Å²) >= 11 is 0. The maximum Gasteiger partial charge on any atom is 0.246 e. The van der Waals surface area contributed by atoms with Crippen molar-refractivity contribution in [3.8, 4) is 0 Å². The number of carbonyl (C=O) groups excluding carboxylic acids is 10. The highest BCUT2D eigenvalue weighted by Gasteiger charge is 2.41. The van der Waals surface area contributed by atoms with Gasteiger partial charge in [0.2, 0.25) is 59.1 Å².